The largest absolute Gasteiger partial charge is 0.497 e. The van der Waals surface area contributed by atoms with Gasteiger partial charge in [-0.25, -0.2) is 4.79 Å². The summed E-state index contributed by atoms with van der Waals surface area (Å²) in [4.78, 5) is 25.0. The van der Waals surface area contributed by atoms with Crippen LogP contribution in [0.25, 0.3) is 0 Å². The Kier molecular flexibility index (Phi) is 6.73. The number of methoxy groups -OCH3 is 2. The lowest BCUT2D eigenvalue weighted by atomic mass is 10.2. The van der Waals surface area contributed by atoms with E-state index in [2.05, 4.69) is 10.1 Å². The molecule has 0 saturated carbocycles. The van der Waals surface area contributed by atoms with E-state index in [0.717, 1.165) is 10.6 Å². The molecule has 1 amide bonds. The maximum atomic E-state index is 12.4. The Hall–Kier alpha value is -2.18. The van der Waals surface area contributed by atoms with Gasteiger partial charge in [0.15, 0.2) is 0 Å². The molecule has 0 radical (unpaired) electrons. The summed E-state index contributed by atoms with van der Waals surface area (Å²) in [6, 6.07) is 12.2. The number of thioether (sulfide) groups is 1. The van der Waals surface area contributed by atoms with Crippen LogP contribution >= 0.6 is 23.4 Å². The molecular formula is C18H18ClNO4S. The van der Waals surface area contributed by atoms with Gasteiger partial charge in [-0.2, -0.15) is 0 Å². The van der Waals surface area contributed by atoms with Gasteiger partial charge in [0.25, 0.3) is 0 Å². The number of carbonyl (C=O) groups excluding carboxylic acids is 2. The minimum Gasteiger partial charge on any atom is -0.497 e. The number of anilines is 1. The Balaban J connectivity index is 2.04. The highest BCUT2D eigenvalue weighted by Crippen LogP contribution is 2.27. The van der Waals surface area contributed by atoms with Crippen molar-refractivity contribution in [3.8, 4) is 5.75 Å². The van der Waals surface area contributed by atoms with Crippen LogP contribution in [-0.4, -0.2) is 31.3 Å². The first-order valence-corrected chi connectivity index (χ1v) is 8.69. The quantitative estimate of drug-likeness (QED) is 0.600. The molecule has 2 aromatic rings. The number of nitrogens with one attached hydrogen (secondary N) is 1. The fourth-order valence-electron chi connectivity index (χ4n) is 2.03. The van der Waals surface area contributed by atoms with Crippen molar-refractivity contribution in [2.75, 3.05) is 19.5 Å². The lowest BCUT2D eigenvalue weighted by Gasteiger charge is -2.13. The van der Waals surface area contributed by atoms with Crippen LogP contribution < -0.4 is 10.1 Å². The first-order valence-electron chi connectivity index (χ1n) is 7.44. The third kappa shape index (κ3) is 5.14. The molecule has 2 aromatic carbocycles. The van der Waals surface area contributed by atoms with Gasteiger partial charge in [0.05, 0.1) is 30.1 Å². The second kappa shape index (κ2) is 8.78. The molecule has 0 spiro atoms. The summed E-state index contributed by atoms with van der Waals surface area (Å²) in [6.45, 7) is 1.81. The normalized spacial score (nSPS) is 11.5. The van der Waals surface area contributed by atoms with Gasteiger partial charge in [0.2, 0.25) is 5.91 Å². The van der Waals surface area contributed by atoms with E-state index in [9.17, 15) is 9.59 Å². The molecule has 0 heterocycles. The summed E-state index contributed by atoms with van der Waals surface area (Å²) < 4.78 is 9.78. The molecule has 0 aliphatic rings. The van der Waals surface area contributed by atoms with Crippen LogP contribution in [0.4, 0.5) is 5.69 Å². The van der Waals surface area contributed by atoms with Crippen LogP contribution in [0.2, 0.25) is 5.02 Å². The molecule has 7 heteroatoms. The highest BCUT2D eigenvalue weighted by Gasteiger charge is 2.17. The monoisotopic (exact) mass is 379 g/mol. The molecule has 0 aromatic heterocycles. The predicted octanol–water partition coefficient (Wildman–Crippen LogP) is 4.25. The summed E-state index contributed by atoms with van der Waals surface area (Å²) in [5.41, 5.74) is 0.689. The third-order valence-electron chi connectivity index (χ3n) is 3.38. The van der Waals surface area contributed by atoms with Gasteiger partial charge in [0, 0.05) is 10.6 Å². The Morgan fingerprint density at radius 3 is 2.40 bits per heavy atom. The molecule has 2 rings (SSSR count). The van der Waals surface area contributed by atoms with Gasteiger partial charge >= 0.3 is 5.97 Å². The fourth-order valence-corrected chi connectivity index (χ4v) is 3.09. The van der Waals surface area contributed by atoms with E-state index < -0.39 is 5.97 Å². The number of hydrogen-bond acceptors (Lipinski definition) is 5. The van der Waals surface area contributed by atoms with E-state index in [1.165, 1.54) is 24.9 Å². The molecule has 1 atom stereocenters. The van der Waals surface area contributed by atoms with Crippen molar-refractivity contribution in [3.63, 3.8) is 0 Å². The average molecular weight is 380 g/mol. The highest BCUT2D eigenvalue weighted by molar-refractivity contribution is 8.00. The average Bonchev–Trinajstić information content (AvgIpc) is 2.63. The number of halogens is 1. The third-order valence-corrected chi connectivity index (χ3v) is 4.82. The van der Waals surface area contributed by atoms with Crippen molar-refractivity contribution < 1.29 is 19.1 Å². The van der Waals surface area contributed by atoms with Gasteiger partial charge in [0.1, 0.15) is 5.75 Å². The van der Waals surface area contributed by atoms with E-state index >= 15 is 0 Å². The fraction of sp³-hybridized carbons (Fsp3) is 0.222. The molecule has 132 valence electrons. The number of rotatable bonds is 6. The Morgan fingerprint density at radius 1 is 1.12 bits per heavy atom. The maximum Gasteiger partial charge on any atom is 0.339 e. The molecule has 0 unspecified atom stereocenters. The topological polar surface area (TPSA) is 64.6 Å². The highest BCUT2D eigenvalue weighted by atomic mass is 35.5. The first-order chi connectivity index (χ1) is 11.9. The van der Waals surface area contributed by atoms with E-state index in [4.69, 9.17) is 16.3 Å². The zero-order valence-corrected chi connectivity index (χ0v) is 15.6. The number of benzene rings is 2. The first kappa shape index (κ1) is 19.1. The SMILES string of the molecule is COC(=O)c1cc(NC(=O)[C@@H](C)Sc2ccc(OC)cc2)ccc1Cl. The summed E-state index contributed by atoms with van der Waals surface area (Å²) >= 11 is 7.40. The maximum absolute atomic E-state index is 12.4. The van der Waals surface area contributed by atoms with E-state index in [1.54, 1.807) is 26.2 Å². The molecule has 0 aliphatic heterocycles. The number of carbonyl (C=O) groups is 2. The lowest BCUT2D eigenvalue weighted by molar-refractivity contribution is -0.115. The molecule has 0 saturated heterocycles. The van der Waals surface area contributed by atoms with Crippen LogP contribution in [0, 0.1) is 0 Å². The number of ether oxygens (including phenoxy) is 2. The summed E-state index contributed by atoms with van der Waals surface area (Å²) in [7, 11) is 2.88. The molecule has 5 nitrogen and oxygen atoms in total. The van der Waals surface area contributed by atoms with Crippen LogP contribution in [0.1, 0.15) is 17.3 Å². The number of esters is 1. The van der Waals surface area contributed by atoms with Crippen molar-refractivity contribution in [1.29, 1.82) is 0 Å². The van der Waals surface area contributed by atoms with Crippen LogP contribution in [0.3, 0.4) is 0 Å². The molecule has 1 N–H and O–H groups in total. The van der Waals surface area contributed by atoms with E-state index in [0.29, 0.717) is 5.69 Å². The predicted molar refractivity (Wildman–Crippen MR) is 99.7 cm³/mol. The second-order valence-electron chi connectivity index (χ2n) is 5.11. The van der Waals surface area contributed by atoms with Gasteiger partial charge in [-0.1, -0.05) is 11.6 Å². The van der Waals surface area contributed by atoms with Crippen LogP contribution in [0.5, 0.6) is 5.75 Å². The Bertz CT molecular complexity index is 764. The van der Waals surface area contributed by atoms with Gasteiger partial charge in [-0.05, 0) is 49.4 Å². The standard InChI is InChI=1S/C18H18ClNO4S/c1-11(25-14-7-5-13(23-2)6-8-14)17(21)20-12-4-9-16(19)15(10-12)18(22)24-3/h4-11H,1-3H3,(H,20,21)/t11-/m1/s1. The summed E-state index contributed by atoms with van der Waals surface area (Å²) in [6.07, 6.45) is 0. The Labute approximate surface area is 155 Å². The van der Waals surface area contributed by atoms with Gasteiger partial charge < -0.3 is 14.8 Å². The lowest BCUT2D eigenvalue weighted by Crippen LogP contribution is -2.22. The molecule has 25 heavy (non-hydrogen) atoms. The summed E-state index contributed by atoms with van der Waals surface area (Å²) in [5.74, 6) is 0.0265. The summed E-state index contributed by atoms with van der Waals surface area (Å²) in [5, 5.41) is 2.72. The van der Waals surface area contributed by atoms with Crippen molar-refractivity contribution in [2.24, 2.45) is 0 Å². The molecule has 0 fully saturated rings. The van der Waals surface area contributed by atoms with Crippen molar-refractivity contribution >= 4 is 40.9 Å². The minimum atomic E-state index is -0.554. The smallest absolute Gasteiger partial charge is 0.339 e. The van der Waals surface area contributed by atoms with Crippen molar-refractivity contribution in [2.45, 2.75) is 17.1 Å². The number of amides is 1. The molecular weight excluding hydrogens is 362 g/mol. The van der Waals surface area contributed by atoms with Crippen LogP contribution in [0.15, 0.2) is 47.4 Å². The van der Waals surface area contributed by atoms with Gasteiger partial charge in [-0.15, -0.1) is 11.8 Å². The van der Waals surface area contributed by atoms with Crippen molar-refractivity contribution in [3.05, 3.63) is 53.1 Å². The molecule has 0 bridgehead atoms. The number of hydrogen-bond donors (Lipinski definition) is 1. The molecule has 0 aliphatic carbocycles. The van der Waals surface area contributed by atoms with Crippen LogP contribution in [-0.2, 0) is 9.53 Å². The van der Waals surface area contributed by atoms with Crippen molar-refractivity contribution in [1.82, 2.24) is 0 Å². The second-order valence-corrected chi connectivity index (χ2v) is 6.93. The minimum absolute atomic E-state index is 0.182. The van der Waals surface area contributed by atoms with Gasteiger partial charge in [-0.3, -0.25) is 4.79 Å². The zero-order chi connectivity index (χ0) is 18.4. The zero-order valence-electron chi connectivity index (χ0n) is 14.0. The van der Waals surface area contributed by atoms with E-state index in [-0.39, 0.29) is 21.7 Å². The van der Waals surface area contributed by atoms with E-state index in [1.807, 2.05) is 24.3 Å². The Morgan fingerprint density at radius 2 is 1.80 bits per heavy atom.